The number of anilines is 1. The van der Waals surface area contributed by atoms with E-state index in [9.17, 15) is 4.79 Å². The van der Waals surface area contributed by atoms with Gasteiger partial charge in [-0.3, -0.25) is 4.90 Å². The molecule has 0 N–H and O–H groups in total. The van der Waals surface area contributed by atoms with E-state index in [1.165, 1.54) is 5.56 Å². The Bertz CT molecular complexity index is 833. The zero-order chi connectivity index (χ0) is 21.4. The molecule has 29 heavy (non-hydrogen) atoms. The molecule has 0 saturated heterocycles. The highest BCUT2D eigenvalue weighted by Crippen LogP contribution is 2.30. The summed E-state index contributed by atoms with van der Waals surface area (Å²) in [5.74, 6) is 0.851. The lowest BCUT2D eigenvalue weighted by atomic mass is 9.89. The molecule has 2 rings (SSSR count). The number of ether oxygens (including phenoxy) is 2. The lowest BCUT2D eigenvalue weighted by Crippen LogP contribution is -2.34. The predicted octanol–water partition coefficient (Wildman–Crippen LogP) is 6.70. The third kappa shape index (κ3) is 6.53. The number of benzene rings is 2. The number of hydrogen-bond donors (Lipinski definition) is 0. The minimum absolute atomic E-state index is 0.122. The van der Waals surface area contributed by atoms with Gasteiger partial charge in [0.2, 0.25) is 0 Å². The molecule has 0 spiro atoms. The predicted molar refractivity (Wildman–Crippen MR) is 119 cm³/mol. The maximum Gasteiger partial charge on any atom is 0.418 e. The minimum atomic E-state index is -0.594. The van der Waals surface area contributed by atoms with E-state index < -0.39 is 11.7 Å². The Morgan fingerprint density at radius 1 is 1.10 bits per heavy atom. The quantitative estimate of drug-likeness (QED) is 0.491. The molecule has 4 nitrogen and oxygen atoms in total. The van der Waals surface area contributed by atoms with E-state index in [1.807, 2.05) is 82.4 Å². The third-order valence-electron chi connectivity index (χ3n) is 4.43. The van der Waals surface area contributed by atoms with Gasteiger partial charge in [-0.05, 0) is 69.5 Å². The summed E-state index contributed by atoms with van der Waals surface area (Å²) >= 11 is 0. The van der Waals surface area contributed by atoms with Gasteiger partial charge in [0.25, 0.3) is 0 Å². The molecule has 2 aromatic rings. The van der Waals surface area contributed by atoms with Gasteiger partial charge in [0.1, 0.15) is 11.4 Å². The van der Waals surface area contributed by atoms with Gasteiger partial charge in [0.05, 0.1) is 12.8 Å². The number of rotatable bonds is 7. The number of carbonyl (C=O) groups is 1. The molecule has 0 aliphatic rings. The smallest absolute Gasteiger partial charge is 0.418 e. The van der Waals surface area contributed by atoms with E-state index in [2.05, 4.69) is 18.7 Å². The van der Waals surface area contributed by atoms with Gasteiger partial charge in [0.15, 0.2) is 0 Å². The number of hydrogen-bond acceptors (Lipinski definition) is 3. The van der Waals surface area contributed by atoms with Crippen molar-refractivity contribution in [3.63, 3.8) is 0 Å². The van der Waals surface area contributed by atoms with Crippen LogP contribution in [-0.4, -0.2) is 18.8 Å². The van der Waals surface area contributed by atoms with E-state index in [0.717, 1.165) is 17.7 Å². The van der Waals surface area contributed by atoms with Crippen molar-refractivity contribution < 1.29 is 14.3 Å². The van der Waals surface area contributed by atoms with Crippen LogP contribution < -0.4 is 9.64 Å². The Morgan fingerprint density at radius 3 is 2.24 bits per heavy atom. The van der Waals surface area contributed by atoms with Crippen molar-refractivity contribution in [1.82, 2.24) is 0 Å². The topological polar surface area (TPSA) is 38.8 Å². The first-order valence-electron chi connectivity index (χ1n) is 9.75. The molecular weight excluding hydrogens is 362 g/mol. The highest BCUT2D eigenvalue weighted by molar-refractivity contribution is 5.90. The molecule has 4 heteroatoms. The van der Waals surface area contributed by atoms with Gasteiger partial charge in [-0.15, -0.1) is 6.58 Å². The van der Waals surface area contributed by atoms with Crippen LogP contribution in [-0.2, 0) is 4.74 Å². The van der Waals surface area contributed by atoms with Crippen molar-refractivity contribution in [3.8, 4) is 5.75 Å². The van der Waals surface area contributed by atoms with Crippen molar-refractivity contribution in [1.29, 1.82) is 0 Å². The fraction of sp³-hybridized carbons (Fsp3) is 0.320. The monoisotopic (exact) mass is 393 g/mol. The van der Waals surface area contributed by atoms with Crippen LogP contribution in [0.1, 0.15) is 45.6 Å². The van der Waals surface area contributed by atoms with Crippen molar-refractivity contribution in [2.45, 2.75) is 45.6 Å². The number of amides is 1. The molecule has 154 valence electrons. The molecule has 0 aliphatic carbocycles. The van der Waals surface area contributed by atoms with Crippen LogP contribution in [0.15, 0.2) is 79.0 Å². The van der Waals surface area contributed by atoms with E-state index in [4.69, 9.17) is 9.47 Å². The highest BCUT2D eigenvalue weighted by atomic mass is 16.6. The normalized spacial score (nSPS) is 12.8. The Labute approximate surface area is 174 Å². The fourth-order valence-corrected chi connectivity index (χ4v) is 3.02. The largest absolute Gasteiger partial charge is 0.497 e. The summed E-state index contributed by atoms with van der Waals surface area (Å²) in [5.41, 5.74) is 2.34. The van der Waals surface area contributed by atoms with Gasteiger partial charge in [-0.1, -0.05) is 36.4 Å². The van der Waals surface area contributed by atoms with E-state index >= 15 is 0 Å². The Kier molecular flexibility index (Phi) is 7.66. The molecule has 0 bridgehead atoms. The first-order valence-corrected chi connectivity index (χ1v) is 9.75. The van der Waals surface area contributed by atoms with Gasteiger partial charge >= 0.3 is 6.09 Å². The van der Waals surface area contributed by atoms with Crippen LogP contribution >= 0.6 is 0 Å². The zero-order valence-electron chi connectivity index (χ0n) is 18.0. The van der Waals surface area contributed by atoms with E-state index in [-0.39, 0.29) is 5.92 Å². The SMILES string of the molecule is C=CC[C@@H](/C(C)=C\N(C(=O)OC(C)(C)C)c1ccc(OC)cc1)c1ccccc1. The number of allylic oxidation sites excluding steroid dienone is 2. The first kappa shape index (κ1) is 22.3. The summed E-state index contributed by atoms with van der Waals surface area (Å²) in [6.07, 6.45) is 4.11. The first-order chi connectivity index (χ1) is 13.7. The number of nitrogens with zero attached hydrogens (tertiary/aromatic N) is 1. The average molecular weight is 394 g/mol. The molecule has 0 saturated carbocycles. The molecule has 0 unspecified atom stereocenters. The van der Waals surface area contributed by atoms with Crippen LogP contribution in [0.4, 0.5) is 10.5 Å². The Balaban J connectivity index is 2.44. The molecule has 1 atom stereocenters. The number of methoxy groups -OCH3 is 1. The molecule has 0 aliphatic heterocycles. The molecule has 0 fully saturated rings. The van der Waals surface area contributed by atoms with Gasteiger partial charge < -0.3 is 9.47 Å². The zero-order valence-corrected chi connectivity index (χ0v) is 18.0. The lowest BCUT2D eigenvalue weighted by molar-refractivity contribution is 0.0596. The molecule has 1 amide bonds. The van der Waals surface area contributed by atoms with Crippen LogP contribution in [0, 0.1) is 0 Å². The summed E-state index contributed by atoms with van der Waals surface area (Å²) < 4.78 is 10.9. The summed E-state index contributed by atoms with van der Waals surface area (Å²) in [5, 5.41) is 0. The molecule has 0 aromatic heterocycles. The van der Waals surface area contributed by atoms with Gasteiger partial charge in [-0.25, -0.2) is 4.79 Å². The van der Waals surface area contributed by atoms with Crippen LogP contribution in [0.3, 0.4) is 0 Å². The molecule has 2 aromatic carbocycles. The standard InChI is InChI=1S/C25H31NO3/c1-7-11-23(20-12-9-8-10-13-20)19(2)18-26(24(27)29-25(3,4)5)21-14-16-22(28-6)17-15-21/h7-10,12-18,23H,1,11H2,2-6H3/b19-18-/t23-/m0/s1. The molecular formula is C25H31NO3. The van der Waals surface area contributed by atoms with Gasteiger partial charge in [-0.2, -0.15) is 0 Å². The van der Waals surface area contributed by atoms with Crippen molar-refractivity contribution in [2.24, 2.45) is 0 Å². The van der Waals surface area contributed by atoms with E-state index in [1.54, 1.807) is 12.0 Å². The fourth-order valence-electron chi connectivity index (χ4n) is 3.02. The maximum absolute atomic E-state index is 13.0. The van der Waals surface area contributed by atoms with E-state index in [0.29, 0.717) is 5.69 Å². The van der Waals surface area contributed by atoms with Gasteiger partial charge in [0, 0.05) is 12.1 Å². The summed E-state index contributed by atoms with van der Waals surface area (Å²) in [6, 6.07) is 17.6. The Morgan fingerprint density at radius 2 is 1.72 bits per heavy atom. The molecule has 0 radical (unpaired) electrons. The number of carbonyl (C=O) groups excluding carboxylic acids is 1. The van der Waals surface area contributed by atoms with Crippen molar-refractivity contribution in [2.75, 3.05) is 12.0 Å². The second-order valence-corrected chi connectivity index (χ2v) is 7.91. The van der Waals surface area contributed by atoms with Crippen LogP contribution in [0.5, 0.6) is 5.75 Å². The highest BCUT2D eigenvalue weighted by Gasteiger charge is 2.23. The van der Waals surface area contributed by atoms with Crippen LogP contribution in [0.25, 0.3) is 0 Å². The second-order valence-electron chi connectivity index (χ2n) is 7.91. The summed E-state index contributed by atoms with van der Waals surface area (Å²) in [4.78, 5) is 14.5. The lowest BCUT2D eigenvalue weighted by Gasteiger charge is -2.27. The summed E-state index contributed by atoms with van der Waals surface area (Å²) in [6.45, 7) is 11.5. The van der Waals surface area contributed by atoms with Crippen molar-refractivity contribution in [3.05, 3.63) is 84.6 Å². The Hall–Kier alpha value is -3.01. The minimum Gasteiger partial charge on any atom is -0.497 e. The summed E-state index contributed by atoms with van der Waals surface area (Å²) in [7, 11) is 1.62. The maximum atomic E-state index is 13.0. The average Bonchev–Trinajstić information content (AvgIpc) is 2.69. The second kappa shape index (κ2) is 9.97. The molecule has 0 heterocycles. The third-order valence-corrected chi connectivity index (χ3v) is 4.43. The van der Waals surface area contributed by atoms with Crippen LogP contribution in [0.2, 0.25) is 0 Å². The van der Waals surface area contributed by atoms with Crippen molar-refractivity contribution >= 4 is 11.8 Å².